The Kier molecular flexibility index (Phi) is 4.72. The van der Waals surface area contributed by atoms with E-state index < -0.39 is 0 Å². The van der Waals surface area contributed by atoms with Crippen LogP contribution in [0, 0.1) is 0 Å². The van der Waals surface area contributed by atoms with E-state index in [4.69, 9.17) is 5.10 Å². The zero-order valence-electron chi connectivity index (χ0n) is 14.5. The number of fused-ring (bicyclic) bond motifs is 1. The first kappa shape index (κ1) is 16.4. The molecule has 1 fully saturated rings. The van der Waals surface area contributed by atoms with Gasteiger partial charge in [0.25, 0.3) is 0 Å². The Bertz CT molecular complexity index is 887. The van der Waals surface area contributed by atoms with Crippen LogP contribution in [0.5, 0.6) is 0 Å². The summed E-state index contributed by atoms with van der Waals surface area (Å²) in [6, 6.07) is 7.52. The smallest absolute Gasteiger partial charge is 0.224 e. The van der Waals surface area contributed by atoms with Crippen molar-refractivity contribution in [3.05, 3.63) is 42.5 Å². The van der Waals surface area contributed by atoms with E-state index in [9.17, 15) is 4.79 Å². The fourth-order valence-corrected chi connectivity index (χ4v) is 3.16. The lowest BCUT2D eigenvalue weighted by Crippen LogP contribution is -2.30. The van der Waals surface area contributed by atoms with Crippen molar-refractivity contribution in [2.24, 2.45) is 0 Å². The molecular formula is C18H21N7O. The molecule has 1 N–H and O–H groups in total. The first-order chi connectivity index (χ1) is 12.8. The highest BCUT2D eigenvalue weighted by Gasteiger charge is 2.15. The zero-order chi connectivity index (χ0) is 17.8. The molecule has 3 aromatic rings. The van der Waals surface area contributed by atoms with Crippen LogP contribution in [0.1, 0.15) is 31.5 Å². The third-order valence-electron chi connectivity index (χ3n) is 4.51. The third kappa shape index (κ3) is 3.63. The van der Waals surface area contributed by atoms with Gasteiger partial charge in [-0.25, -0.2) is 0 Å². The quantitative estimate of drug-likeness (QED) is 0.757. The molecule has 8 nitrogen and oxygen atoms in total. The van der Waals surface area contributed by atoms with E-state index in [2.05, 4.69) is 25.4 Å². The number of pyridine rings is 1. The van der Waals surface area contributed by atoms with Crippen molar-refractivity contribution in [3.63, 3.8) is 0 Å². The monoisotopic (exact) mass is 351 g/mol. The summed E-state index contributed by atoms with van der Waals surface area (Å²) in [5, 5.41) is 15.9. The lowest BCUT2D eigenvalue weighted by molar-refractivity contribution is -0.116. The Labute approximate surface area is 151 Å². The van der Waals surface area contributed by atoms with Gasteiger partial charge in [-0.15, -0.1) is 15.3 Å². The van der Waals surface area contributed by atoms with Crippen LogP contribution in [0.2, 0.25) is 0 Å². The van der Waals surface area contributed by atoms with Crippen molar-refractivity contribution in [1.29, 1.82) is 0 Å². The molecule has 4 rings (SSSR count). The number of carbonyl (C=O) groups is 1. The van der Waals surface area contributed by atoms with E-state index in [-0.39, 0.29) is 5.91 Å². The zero-order valence-corrected chi connectivity index (χ0v) is 14.5. The number of rotatable bonds is 5. The van der Waals surface area contributed by atoms with Crippen LogP contribution < -0.4 is 10.2 Å². The average Bonchev–Trinajstić information content (AvgIpc) is 3.10. The highest BCUT2D eigenvalue weighted by Crippen LogP contribution is 2.18. The number of amides is 1. The van der Waals surface area contributed by atoms with Crippen molar-refractivity contribution < 1.29 is 4.79 Å². The summed E-state index contributed by atoms with van der Waals surface area (Å²) < 4.78 is 1.75. The molecule has 0 unspecified atom stereocenters. The van der Waals surface area contributed by atoms with Crippen molar-refractivity contribution in [3.8, 4) is 0 Å². The average molecular weight is 351 g/mol. The minimum Gasteiger partial charge on any atom is -0.355 e. The Morgan fingerprint density at radius 2 is 2.00 bits per heavy atom. The summed E-state index contributed by atoms with van der Waals surface area (Å²) in [4.78, 5) is 18.4. The molecule has 0 radical (unpaired) electrons. The summed E-state index contributed by atoms with van der Waals surface area (Å²) in [7, 11) is 0. The van der Waals surface area contributed by atoms with Gasteiger partial charge in [0.1, 0.15) is 5.82 Å². The standard InChI is InChI=1S/C18H21N7O/c26-18(20-14-5-4-10-19-13-14)9-8-16-22-21-15-6-7-17(23-25(15)16)24-11-2-1-3-12-24/h4-7,10,13H,1-3,8-9,11-12H2,(H,20,26). The summed E-state index contributed by atoms with van der Waals surface area (Å²) in [5.41, 5.74) is 1.39. The first-order valence-electron chi connectivity index (χ1n) is 8.96. The van der Waals surface area contributed by atoms with Crippen LogP contribution in [-0.2, 0) is 11.2 Å². The molecule has 1 saturated heterocycles. The Hall–Kier alpha value is -3.03. The number of carbonyl (C=O) groups excluding carboxylic acids is 1. The lowest BCUT2D eigenvalue weighted by Gasteiger charge is -2.27. The molecule has 0 atom stereocenters. The fraction of sp³-hybridized carbons (Fsp3) is 0.389. The number of piperidine rings is 1. The molecule has 1 aliphatic rings. The molecule has 8 heteroatoms. The number of hydrogen-bond donors (Lipinski definition) is 1. The molecule has 26 heavy (non-hydrogen) atoms. The first-order valence-corrected chi connectivity index (χ1v) is 8.96. The second-order valence-corrected chi connectivity index (χ2v) is 6.42. The molecule has 0 saturated carbocycles. The van der Waals surface area contributed by atoms with E-state index in [0.717, 1.165) is 18.9 Å². The SMILES string of the molecule is O=C(CCc1nnc2ccc(N3CCCCC3)nn12)Nc1cccnc1. The number of aromatic nitrogens is 5. The van der Waals surface area contributed by atoms with Gasteiger partial charge in [0.2, 0.25) is 5.91 Å². The second kappa shape index (κ2) is 7.47. The van der Waals surface area contributed by atoms with Crippen LogP contribution in [0.15, 0.2) is 36.7 Å². The molecule has 1 aliphatic heterocycles. The van der Waals surface area contributed by atoms with Crippen LogP contribution in [-0.4, -0.2) is 43.8 Å². The van der Waals surface area contributed by atoms with Gasteiger partial charge in [-0.2, -0.15) is 4.52 Å². The topological polar surface area (TPSA) is 88.3 Å². The second-order valence-electron chi connectivity index (χ2n) is 6.42. The van der Waals surface area contributed by atoms with Crippen molar-refractivity contribution in [2.75, 3.05) is 23.3 Å². The highest BCUT2D eigenvalue weighted by molar-refractivity contribution is 5.90. The number of nitrogens with zero attached hydrogens (tertiary/aromatic N) is 6. The predicted molar refractivity (Wildman–Crippen MR) is 98.0 cm³/mol. The van der Waals surface area contributed by atoms with Gasteiger partial charge in [-0.3, -0.25) is 9.78 Å². The maximum Gasteiger partial charge on any atom is 0.224 e. The van der Waals surface area contributed by atoms with E-state index in [1.807, 2.05) is 18.2 Å². The molecule has 0 aliphatic carbocycles. The normalized spacial score (nSPS) is 14.5. The molecule has 4 heterocycles. The van der Waals surface area contributed by atoms with Crippen LogP contribution in [0.3, 0.4) is 0 Å². The summed E-state index contributed by atoms with van der Waals surface area (Å²) in [6.07, 6.45) is 7.75. The number of aryl methyl sites for hydroxylation is 1. The highest BCUT2D eigenvalue weighted by atomic mass is 16.1. The van der Waals surface area contributed by atoms with E-state index in [1.165, 1.54) is 19.3 Å². The van der Waals surface area contributed by atoms with Gasteiger partial charge in [-0.1, -0.05) is 0 Å². The Balaban J connectivity index is 1.45. The van der Waals surface area contributed by atoms with Crippen LogP contribution >= 0.6 is 0 Å². The molecule has 3 aromatic heterocycles. The fourth-order valence-electron chi connectivity index (χ4n) is 3.16. The van der Waals surface area contributed by atoms with Crippen molar-refractivity contribution in [2.45, 2.75) is 32.1 Å². The molecule has 0 spiro atoms. The summed E-state index contributed by atoms with van der Waals surface area (Å²) >= 11 is 0. The minimum absolute atomic E-state index is 0.0815. The molecule has 134 valence electrons. The van der Waals surface area contributed by atoms with Gasteiger partial charge in [0, 0.05) is 32.1 Å². The Morgan fingerprint density at radius 3 is 2.81 bits per heavy atom. The van der Waals surface area contributed by atoms with E-state index in [1.54, 1.807) is 23.0 Å². The third-order valence-corrected chi connectivity index (χ3v) is 4.51. The minimum atomic E-state index is -0.0815. The summed E-state index contributed by atoms with van der Waals surface area (Å²) in [5.74, 6) is 1.56. The Morgan fingerprint density at radius 1 is 1.12 bits per heavy atom. The van der Waals surface area contributed by atoms with E-state index >= 15 is 0 Å². The number of hydrogen-bond acceptors (Lipinski definition) is 6. The molecule has 1 amide bonds. The molecule has 0 bridgehead atoms. The predicted octanol–water partition coefficient (Wildman–Crippen LogP) is 2.08. The number of anilines is 2. The maximum absolute atomic E-state index is 12.1. The number of nitrogens with one attached hydrogen (secondary N) is 1. The van der Waals surface area contributed by atoms with Gasteiger partial charge >= 0.3 is 0 Å². The van der Waals surface area contributed by atoms with Gasteiger partial charge in [-0.05, 0) is 43.5 Å². The molecule has 0 aromatic carbocycles. The largest absolute Gasteiger partial charge is 0.355 e. The van der Waals surface area contributed by atoms with E-state index in [0.29, 0.717) is 30.0 Å². The van der Waals surface area contributed by atoms with Gasteiger partial charge in [0.05, 0.1) is 11.9 Å². The van der Waals surface area contributed by atoms with Crippen LogP contribution in [0.4, 0.5) is 11.5 Å². The van der Waals surface area contributed by atoms with Crippen LogP contribution in [0.25, 0.3) is 5.65 Å². The van der Waals surface area contributed by atoms with Gasteiger partial charge < -0.3 is 10.2 Å². The van der Waals surface area contributed by atoms with Crippen molar-refractivity contribution in [1.82, 2.24) is 24.8 Å². The maximum atomic E-state index is 12.1. The van der Waals surface area contributed by atoms with Gasteiger partial charge in [0.15, 0.2) is 11.5 Å². The molecular weight excluding hydrogens is 330 g/mol. The summed E-state index contributed by atoms with van der Waals surface area (Å²) in [6.45, 7) is 2.06. The lowest BCUT2D eigenvalue weighted by atomic mass is 10.1. The van der Waals surface area contributed by atoms with Crippen molar-refractivity contribution >= 4 is 23.1 Å².